The Kier molecular flexibility index (Phi) is 4.31. The van der Waals surface area contributed by atoms with Gasteiger partial charge >= 0.3 is 6.18 Å². The van der Waals surface area contributed by atoms with E-state index >= 15 is 0 Å². The van der Waals surface area contributed by atoms with E-state index in [-0.39, 0.29) is 28.3 Å². The highest BCUT2D eigenvalue weighted by atomic mass is 32.1. The van der Waals surface area contributed by atoms with E-state index in [1.807, 2.05) is 0 Å². The van der Waals surface area contributed by atoms with E-state index < -0.39 is 28.9 Å². The van der Waals surface area contributed by atoms with Crippen molar-refractivity contribution in [3.8, 4) is 5.75 Å². The van der Waals surface area contributed by atoms with Gasteiger partial charge in [0.2, 0.25) is 0 Å². The van der Waals surface area contributed by atoms with E-state index in [0.717, 1.165) is 23.5 Å². The number of anilines is 1. The van der Waals surface area contributed by atoms with E-state index in [2.05, 4.69) is 15.3 Å². The van der Waals surface area contributed by atoms with E-state index in [1.54, 1.807) is 5.38 Å². The van der Waals surface area contributed by atoms with Crippen LogP contribution in [-0.2, 0) is 12.7 Å². The zero-order valence-electron chi connectivity index (χ0n) is 12.5. The van der Waals surface area contributed by atoms with E-state index in [1.165, 1.54) is 12.3 Å². The molecule has 0 atom stereocenters. The zero-order valence-corrected chi connectivity index (χ0v) is 13.3. The maximum absolute atomic E-state index is 13.2. The predicted octanol–water partition coefficient (Wildman–Crippen LogP) is 3.13. The first-order valence-electron chi connectivity index (χ1n) is 6.95. The molecule has 0 saturated heterocycles. The minimum absolute atomic E-state index is 0.143. The second-order valence-corrected chi connectivity index (χ2v) is 5.87. The van der Waals surface area contributed by atoms with Crippen molar-refractivity contribution in [2.75, 3.05) is 5.32 Å². The highest BCUT2D eigenvalue weighted by Crippen LogP contribution is 2.38. The minimum atomic E-state index is -4.66. The van der Waals surface area contributed by atoms with Gasteiger partial charge in [-0.2, -0.15) is 13.2 Å². The molecule has 1 aromatic carbocycles. The molecule has 0 aliphatic heterocycles. The minimum Gasteiger partial charge on any atom is -0.506 e. The molecule has 0 spiro atoms. The molecule has 4 N–H and O–H groups in total. The molecule has 0 saturated carbocycles. The lowest BCUT2D eigenvalue weighted by molar-refractivity contribution is -0.136. The molecule has 10 heteroatoms. The number of rotatable bonds is 3. The third-order valence-electron chi connectivity index (χ3n) is 3.44. The standard InChI is InChI=1S/C15H11F3N4O2S/c16-15(17,18)8-3-1-2-7-11(8)21-9(6-19)10(12(7)23)13(24)22-14-20-4-5-25-14/h1-5H,6,19H2,(H,21,23)(H,20,22,24). The second kappa shape index (κ2) is 6.30. The number of alkyl halides is 3. The van der Waals surface area contributed by atoms with Gasteiger partial charge in [0.25, 0.3) is 5.91 Å². The predicted molar refractivity (Wildman–Crippen MR) is 86.4 cm³/mol. The number of carbonyl (C=O) groups is 1. The number of hydrogen-bond acceptors (Lipinski definition) is 6. The molecule has 2 heterocycles. The molecular formula is C15H11F3N4O2S. The Hall–Kier alpha value is -2.72. The highest BCUT2D eigenvalue weighted by molar-refractivity contribution is 7.13. The first-order chi connectivity index (χ1) is 11.8. The van der Waals surface area contributed by atoms with Gasteiger partial charge in [-0.15, -0.1) is 11.3 Å². The van der Waals surface area contributed by atoms with E-state index in [9.17, 15) is 23.1 Å². The summed E-state index contributed by atoms with van der Waals surface area (Å²) in [4.78, 5) is 20.2. The quantitative estimate of drug-likeness (QED) is 0.659. The highest BCUT2D eigenvalue weighted by Gasteiger charge is 2.34. The van der Waals surface area contributed by atoms with Crippen molar-refractivity contribution >= 4 is 33.3 Å². The van der Waals surface area contributed by atoms with Gasteiger partial charge in [-0.05, 0) is 12.1 Å². The third kappa shape index (κ3) is 3.13. The number of nitrogens with zero attached hydrogens (tertiary/aromatic N) is 2. The second-order valence-electron chi connectivity index (χ2n) is 4.98. The van der Waals surface area contributed by atoms with Gasteiger partial charge in [-0.25, -0.2) is 9.97 Å². The van der Waals surface area contributed by atoms with Crippen LogP contribution in [0.2, 0.25) is 0 Å². The van der Waals surface area contributed by atoms with Crippen LogP contribution in [0.5, 0.6) is 5.75 Å². The maximum atomic E-state index is 13.2. The summed E-state index contributed by atoms with van der Waals surface area (Å²) in [5.41, 5.74) is 3.64. The Balaban J connectivity index is 2.20. The van der Waals surface area contributed by atoms with Crippen LogP contribution in [0.4, 0.5) is 18.3 Å². The van der Waals surface area contributed by atoms with E-state index in [4.69, 9.17) is 5.73 Å². The fourth-order valence-corrected chi connectivity index (χ4v) is 2.90. The van der Waals surface area contributed by atoms with Gasteiger partial charge in [0.1, 0.15) is 11.3 Å². The van der Waals surface area contributed by atoms with Crippen LogP contribution in [-0.4, -0.2) is 21.0 Å². The molecule has 0 aliphatic carbocycles. The number of amides is 1. The number of para-hydroxylation sites is 1. The molecule has 25 heavy (non-hydrogen) atoms. The van der Waals surface area contributed by atoms with Crippen molar-refractivity contribution in [2.24, 2.45) is 5.73 Å². The van der Waals surface area contributed by atoms with Crippen molar-refractivity contribution < 1.29 is 23.1 Å². The summed E-state index contributed by atoms with van der Waals surface area (Å²) in [5.74, 6) is -1.36. The monoisotopic (exact) mass is 368 g/mol. The van der Waals surface area contributed by atoms with Crippen LogP contribution in [0.25, 0.3) is 10.9 Å². The van der Waals surface area contributed by atoms with Crippen molar-refractivity contribution in [1.82, 2.24) is 9.97 Å². The van der Waals surface area contributed by atoms with E-state index in [0.29, 0.717) is 0 Å². The summed E-state index contributed by atoms with van der Waals surface area (Å²) >= 11 is 1.15. The van der Waals surface area contributed by atoms with Crippen molar-refractivity contribution in [2.45, 2.75) is 12.7 Å². The normalized spacial score (nSPS) is 11.7. The maximum Gasteiger partial charge on any atom is 0.418 e. The average Bonchev–Trinajstić information content (AvgIpc) is 3.05. The number of halogens is 3. The number of benzene rings is 1. The van der Waals surface area contributed by atoms with Gasteiger partial charge in [0.15, 0.2) is 5.13 Å². The molecule has 2 aromatic heterocycles. The molecule has 0 aliphatic rings. The molecule has 130 valence electrons. The van der Waals surface area contributed by atoms with Gasteiger partial charge in [0.05, 0.1) is 16.8 Å². The molecule has 3 rings (SSSR count). The Morgan fingerprint density at radius 2 is 2.12 bits per heavy atom. The third-order valence-corrected chi connectivity index (χ3v) is 4.13. The average molecular weight is 368 g/mol. The Labute approximate surface area is 143 Å². The molecule has 3 aromatic rings. The lowest BCUT2D eigenvalue weighted by Crippen LogP contribution is -2.18. The number of thiazole rings is 1. The summed E-state index contributed by atoms with van der Waals surface area (Å²) in [6.07, 6.45) is -3.19. The summed E-state index contributed by atoms with van der Waals surface area (Å²) in [7, 11) is 0. The molecule has 0 unspecified atom stereocenters. The molecule has 0 bridgehead atoms. The fraction of sp³-hybridized carbons (Fsp3) is 0.133. The Morgan fingerprint density at radius 1 is 1.36 bits per heavy atom. The van der Waals surface area contributed by atoms with Crippen LogP contribution in [0.3, 0.4) is 0 Å². The molecule has 6 nitrogen and oxygen atoms in total. The summed E-state index contributed by atoms with van der Waals surface area (Å²) in [6.45, 7) is -0.323. The summed E-state index contributed by atoms with van der Waals surface area (Å²) in [6, 6.07) is 3.24. The molecular weight excluding hydrogens is 357 g/mol. The topological polar surface area (TPSA) is 101 Å². The van der Waals surface area contributed by atoms with Crippen molar-refractivity contribution in [3.05, 3.63) is 46.6 Å². The van der Waals surface area contributed by atoms with Crippen molar-refractivity contribution in [3.63, 3.8) is 0 Å². The molecule has 0 radical (unpaired) electrons. The number of pyridine rings is 1. The Morgan fingerprint density at radius 3 is 2.72 bits per heavy atom. The van der Waals surface area contributed by atoms with Crippen LogP contribution in [0.1, 0.15) is 21.6 Å². The number of aromatic nitrogens is 2. The zero-order chi connectivity index (χ0) is 18.2. The number of fused-ring (bicyclic) bond motifs is 1. The lowest BCUT2D eigenvalue weighted by atomic mass is 10.0. The SMILES string of the molecule is NCc1nc2c(C(F)(F)F)cccc2c(O)c1C(=O)Nc1nccs1. The molecule has 1 amide bonds. The number of nitrogens with two attached hydrogens (primary N) is 1. The van der Waals surface area contributed by atoms with Crippen molar-refractivity contribution in [1.29, 1.82) is 0 Å². The van der Waals surface area contributed by atoms with Crippen LogP contribution >= 0.6 is 11.3 Å². The number of hydrogen-bond donors (Lipinski definition) is 3. The first-order valence-corrected chi connectivity index (χ1v) is 7.83. The van der Waals surface area contributed by atoms with Crippen LogP contribution in [0.15, 0.2) is 29.8 Å². The van der Waals surface area contributed by atoms with Gasteiger partial charge in [-0.3, -0.25) is 10.1 Å². The number of nitrogens with one attached hydrogen (secondary N) is 1. The van der Waals surface area contributed by atoms with Gasteiger partial charge in [0, 0.05) is 23.5 Å². The van der Waals surface area contributed by atoms with Crippen LogP contribution in [0, 0.1) is 0 Å². The summed E-state index contributed by atoms with van der Waals surface area (Å²) < 4.78 is 39.5. The van der Waals surface area contributed by atoms with Gasteiger partial charge < -0.3 is 10.8 Å². The van der Waals surface area contributed by atoms with Gasteiger partial charge in [-0.1, -0.05) is 6.07 Å². The Bertz CT molecular complexity index is 942. The lowest BCUT2D eigenvalue weighted by Gasteiger charge is -2.15. The molecule has 0 fully saturated rings. The first kappa shape index (κ1) is 17.1. The fourth-order valence-electron chi connectivity index (χ4n) is 2.38. The number of carbonyl (C=O) groups excluding carboxylic acids is 1. The van der Waals surface area contributed by atoms with Crippen LogP contribution < -0.4 is 11.1 Å². The smallest absolute Gasteiger partial charge is 0.418 e. The largest absolute Gasteiger partial charge is 0.506 e. The number of aromatic hydroxyl groups is 1. The summed E-state index contributed by atoms with van der Waals surface area (Å²) in [5, 5.41) is 14.6.